The van der Waals surface area contributed by atoms with E-state index >= 15 is 0 Å². The topological polar surface area (TPSA) is 35.2 Å². The number of rotatable bonds is 4. The van der Waals surface area contributed by atoms with Gasteiger partial charge < -0.3 is 10.5 Å². The van der Waals surface area contributed by atoms with Crippen LogP contribution in [0.1, 0.15) is 44.1 Å². The van der Waals surface area contributed by atoms with Gasteiger partial charge >= 0.3 is 0 Å². The smallest absolute Gasteiger partial charge is 0.0748 e. The summed E-state index contributed by atoms with van der Waals surface area (Å²) in [7, 11) is 0. The second-order valence-electron chi connectivity index (χ2n) is 5.18. The third-order valence-corrected chi connectivity index (χ3v) is 4.47. The zero-order valence-corrected chi connectivity index (χ0v) is 12.4. The fourth-order valence-corrected chi connectivity index (χ4v) is 3.08. The van der Waals surface area contributed by atoms with Gasteiger partial charge in [0.1, 0.15) is 0 Å². The molecule has 0 saturated heterocycles. The van der Waals surface area contributed by atoms with Crippen LogP contribution in [0, 0.1) is 5.92 Å². The van der Waals surface area contributed by atoms with E-state index < -0.39 is 0 Å². The summed E-state index contributed by atoms with van der Waals surface area (Å²) in [6.45, 7) is 1.49. The molecular weight excluding hydrogens is 290 g/mol. The predicted molar refractivity (Wildman–Crippen MR) is 79.4 cm³/mol. The van der Waals surface area contributed by atoms with Crippen LogP contribution in [0.3, 0.4) is 0 Å². The molecule has 2 nitrogen and oxygen atoms in total. The van der Waals surface area contributed by atoms with Crippen LogP contribution in [-0.4, -0.2) is 6.61 Å². The van der Waals surface area contributed by atoms with Crippen LogP contribution in [0.2, 0.25) is 0 Å². The number of hydrogen-bond acceptors (Lipinski definition) is 2. The Morgan fingerprint density at radius 3 is 2.56 bits per heavy atom. The first-order valence-electron chi connectivity index (χ1n) is 6.88. The molecule has 1 aliphatic carbocycles. The molecule has 0 aliphatic heterocycles. The standard InChI is InChI=1S/C15H22BrNO/c16-14-8-5-9-15(17)13(14)11-18-10-12-6-3-1-2-4-7-12/h5,8-9,12H,1-4,6-7,10-11,17H2. The number of ether oxygens (including phenoxy) is 1. The van der Waals surface area contributed by atoms with E-state index in [0.717, 1.165) is 28.2 Å². The molecule has 1 aromatic rings. The Morgan fingerprint density at radius 2 is 1.89 bits per heavy atom. The van der Waals surface area contributed by atoms with Crippen LogP contribution in [-0.2, 0) is 11.3 Å². The first kappa shape index (κ1) is 13.9. The molecule has 1 aliphatic rings. The highest BCUT2D eigenvalue weighted by molar-refractivity contribution is 9.10. The van der Waals surface area contributed by atoms with Gasteiger partial charge in [-0.3, -0.25) is 0 Å². The number of nitrogen functional groups attached to an aromatic ring is 1. The fourth-order valence-electron chi connectivity index (χ4n) is 2.59. The summed E-state index contributed by atoms with van der Waals surface area (Å²) < 4.78 is 6.91. The van der Waals surface area contributed by atoms with E-state index in [1.165, 1.54) is 38.5 Å². The molecule has 2 rings (SSSR count). The molecule has 0 unspecified atom stereocenters. The minimum atomic E-state index is 0.615. The SMILES string of the molecule is Nc1cccc(Br)c1COCC1CCCCCC1. The predicted octanol–water partition coefficient (Wildman–Crippen LogP) is 4.52. The van der Waals surface area contributed by atoms with Crippen molar-refractivity contribution in [2.24, 2.45) is 5.92 Å². The van der Waals surface area contributed by atoms with Gasteiger partial charge in [-0.25, -0.2) is 0 Å². The van der Waals surface area contributed by atoms with Gasteiger partial charge in [-0.1, -0.05) is 47.7 Å². The number of anilines is 1. The van der Waals surface area contributed by atoms with Gasteiger partial charge in [0, 0.05) is 22.3 Å². The summed E-state index contributed by atoms with van der Waals surface area (Å²) >= 11 is 3.53. The normalized spacial score (nSPS) is 17.6. The molecular formula is C15H22BrNO. The molecule has 2 N–H and O–H groups in total. The molecule has 3 heteroatoms. The van der Waals surface area contributed by atoms with Crippen LogP contribution >= 0.6 is 15.9 Å². The van der Waals surface area contributed by atoms with Crippen LogP contribution in [0.5, 0.6) is 0 Å². The summed E-state index contributed by atoms with van der Waals surface area (Å²) in [6, 6.07) is 5.89. The molecule has 0 spiro atoms. The molecule has 0 radical (unpaired) electrons. The summed E-state index contributed by atoms with van der Waals surface area (Å²) in [6.07, 6.45) is 8.18. The van der Waals surface area contributed by atoms with E-state index in [9.17, 15) is 0 Å². The summed E-state index contributed by atoms with van der Waals surface area (Å²) in [4.78, 5) is 0. The lowest BCUT2D eigenvalue weighted by molar-refractivity contribution is 0.0819. The molecule has 0 heterocycles. The second kappa shape index (κ2) is 7.15. The molecule has 1 fully saturated rings. The van der Waals surface area contributed by atoms with E-state index in [-0.39, 0.29) is 0 Å². The van der Waals surface area contributed by atoms with Gasteiger partial charge in [0.2, 0.25) is 0 Å². The zero-order chi connectivity index (χ0) is 12.8. The minimum Gasteiger partial charge on any atom is -0.398 e. The van der Waals surface area contributed by atoms with Crippen molar-refractivity contribution in [3.8, 4) is 0 Å². The third kappa shape index (κ3) is 3.99. The Labute approximate surface area is 118 Å². The second-order valence-corrected chi connectivity index (χ2v) is 6.03. The number of hydrogen-bond donors (Lipinski definition) is 1. The maximum Gasteiger partial charge on any atom is 0.0748 e. The van der Waals surface area contributed by atoms with Crippen molar-refractivity contribution in [1.29, 1.82) is 0 Å². The van der Waals surface area contributed by atoms with Crippen molar-refractivity contribution in [2.45, 2.75) is 45.1 Å². The molecule has 100 valence electrons. The molecule has 0 aromatic heterocycles. The lowest BCUT2D eigenvalue weighted by Gasteiger charge is -2.15. The van der Waals surface area contributed by atoms with Crippen molar-refractivity contribution in [3.05, 3.63) is 28.2 Å². The minimum absolute atomic E-state index is 0.615. The van der Waals surface area contributed by atoms with Gasteiger partial charge in [0.25, 0.3) is 0 Å². The lowest BCUT2D eigenvalue weighted by Crippen LogP contribution is -2.09. The Kier molecular flexibility index (Phi) is 5.51. The van der Waals surface area contributed by atoms with Gasteiger partial charge in [0.15, 0.2) is 0 Å². The average Bonchev–Trinajstić information content (AvgIpc) is 2.61. The number of benzene rings is 1. The Morgan fingerprint density at radius 1 is 1.17 bits per heavy atom. The van der Waals surface area contributed by atoms with E-state index in [1.807, 2.05) is 18.2 Å². The molecule has 1 aromatic carbocycles. The van der Waals surface area contributed by atoms with Gasteiger partial charge in [0.05, 0.1) is 6.61 Å². The van der Waals surface area contributed by atoms with Crippen LogP contribution in [0.15, 0.2) is 22.7 Å². The number of halogens is 1. The molecule has 1 saturated carbocycles. The zero-order valence-electron chi connectivity index (χ0n) is 10.8. The molecule has 0 atom stereocenters. The third-order valence-electron chi connectivity index (χ3n) is 3.73. The van der Waals surface area contributed by atoms with Crippen molar-refractivity contribution in [1.82, 2.24) is 0 Å². The van der Waals surface area contributed by atoms with E-state index in [4.69, 9.17) is 10.5 Å². The Hall–Kier alpha value is -0.540. The van der Waals surface area contributed by atoms with Crippen LogP contribution in [0.25, 0.3) is 0 Å². The molecule has 0 bridgehead atoms. The maximum atomic E-state index is 5.96. The van der Waals surface area contributed by atoms with Gasteiger partial charge in [-0.05, 0) is 30.9 Å². The monoisotopic (exact) mass is 311 g/mol. The van der Waals surface area contributed by atoms with E-state index in [0.29, 0.717) is 6.61 Å². The first-order valence-corrected chi connectivity index (χ1v) is 7.67. The Bertz CT molecular complexity index is 353. The fraction of sp³-hybridized carbons (Fsp3) is 0.600. The summed E-state index contributed by atoms with van der Waals surface area (Å²) in [5, 5.41) is 0. The maximum absolute atomic E-state index is 5.96. The van der Waals surface area contributed by atoms with Crippen LogP contribution < -0.4 is 5.73 Å². The van der Waals surface area contributed by atoms with Gasteiger partial charge in [-0.15, -0.1) is 0 Å². The average molecular weight is 312 g/mol. The van der Waals surface area contributed by atoms with Crippen molar-refractivity contribution in [3.63, 3.8) is 0 Å². The highest BCUT2D eigenvalue weighted by atomic mass is 79.9. The van der Waals surface area contributed by atoms with Crippen molar-refractivity contribution >= 4 is 21.6 Å². The molecule has 0 amide bonds. The first-order chi connectivity index (χ1) is 8.77. The van der Waals surface area contributed by atoms with Crippen LogP contribution in [0.4, 0.5) is 5.69 Å². The summed E-state index contributed by atoms with van der Waals surface area (Å²) in [5.74, 6) is 0.746. The highest BCUT2D eigenvalue weighted by Crippen LogP contribution is 2.26. The number of nitrogens with two attached hydrogens (primary N) is 1. The van der Waals surface area contributed by atoms with Gasteiger partial charge in [-0.2, -0.15) is 0 Å². The lowest BCUT2D eigenvalue weighted by atomic mass is 10.0. The Balaban J connectivity index is 1.80. The van der Waals surface area contributed by atoms with Crippen molar-refractivity contribution in [2.75, 3.05) is 12.3 Å². The molecule has 18 heavy (non-hydrogen) atoms. The van der Waals surface area contributed by atoms with E-state index in [1.54, 1.807) is 0 Å². The quantitative estimate of drug-likeness (QED) is 0.655. The largest absolute Gasteiger partial charge is 0.398 e. The van der Waals surface area contributed by atoms with E-state index in [2.05, 4.69) is 15.9 Å². The summed E-state index contributed by atoms with van der Waals surface area (Å²) in [5.41, 5.74) is 7.84. The highest BCUT2D eigenvalue weighted by Gasteiger charge is 2.13. The van der Waals surface area contributed by atoms with Crippen molar-refractivity contribution < 1.29 is 4.74 Å².